The molecule has 0 bridgehead atoms. The fourth-order valence-electron chi connectivity index (χ4n) is 4.84. The van der Waals surface area contributed by atoms with Gasteiger partial charge in [-0.2, -0.15) is 0 Å². The molecule has 1 N–H and O–H groups in total. The fraction of sp³-hybridized carbons (Fsp3) is 0.481. The highest BCUT2D eigenvalue weighted by molar-refractivity contribution is 5.80. The molecule has 2 heterocycles. The Morgan fingerprint density at radius 3 is 2.44 bits per heavy atom. The van der Waals surface area contributed by atoms with Crippen molar-refractivity contribution >= 4 is 11.8 Å². The first-order valence-electron chi connectivity index (χ1n) is 11.8. The van der Waals surface area contributed by atoms with E-state index in [0.717, 1.165) is 38.8 Å². The third-order valence-electron chi connectivity index (χ3n) is 6.84. The van der Waals surface area contributed by atoms with Crippen LogP contribution < -0.4 is 5.32 Å². The Hall–Kier alpha value is -2.66. The summed E-state index contributed by atoms with van der Waals surface area (Å²) in [6.07, 6.45) is 5.25. The van der Waals surface area contributed by atoms with Gasteiger partial charge in [0.1, 0.15) is 0 Å². The molecule has 2 saturated heterocycles. The maximum atomic E-state index is 12.9. The number of benzene rings is 2. The molecule has 5 nitrogen and oxygen atoms in total. The second-order valence-corrected chi connectivity index (χ2v) is 9.37. The van der Waals surface area contributed by atoms with Crippen LogP contribution in [-0.2, 0) is 27.4 Å². The van der Waals surface area contributed by atoms with E-state index < -0.39 is 0 Å². The van der Waals surface area contributed by atoms with E-state index >= 15 is 0 Å². The second kappa shape index (κ2) is 10.3. The summed E-state index contributed by atoms with van der Waals surface area (Å²) in [7, 11) is 0. The number of amides is 2. The molecule has 32 heavy (non-hydrogen) atoms. The normalized spacial score (nSPS) is 21.5. The smallest absolute Gasteiger partial charge is 0.222 e. The second-order valence-electron chi connectivity index (χ2n) is 9.37. The minimum Gasteiger partial charge on any atom is -0.373 e. The summed E-state index contributed by atoms with van der Waals surface area (Å²) >= 11 is 0. The molecule has 0 radical (unpaired) electrons. The standard InChI is InChI=1S/C27H34N2O3/c1-21-7-9-22(10-8-21)19-27(15-11-25(30)28-27)16-12-26(31)29-17-13-24(14-18-29)32-20-23-5-3-2-4-6-23/h2-10,24H,11-20H2,1H3,(H,28,30)/t27-/m0/s1. The number of rotatable bonds is 8. The largest absolute Gasteiger partial charge is 0.373 e. The molecule has 5 heteroatoms. The van der Waals surface area contributed by atoms with Crippen LogP contribution in [0.1, 0.15) is 55.2 Å². The van der Waals surface area contributed by atoms with Crippen LogP contribution in [0.2, 0.25) is 0 Å². The van der Waals surface area contributed by atoms with Crippen molar-refractivity contribution in [1.82, 2.24) is 10.2 Å². The number of carbonyl (C=O) groups is 2. The predicted octanol–water partition coefficient (Wildman–Crippen LogP) is 4.17. The maximum absolute atomic E-state index is 12.9. The van der Waals surface area contributed by atoms with Gasteiger partial charge in [-0.1, -0.05) is 60.2 Å². The van der Waals surface area contributed by atoms with E-state index in [1.54, 1.807) is 0 Å². The summed E-state index contributed by atoms with van der Waals surface area (Å²) in [4.78, 5) is 26.9. The lowest BCUT2D eigenvalue weighted by Crippen LogP contribution is -2.46. The topological polar surface area (TPSA) is 58.6 Å². The van der Waals surface area contributed by atoms with Gasteiger partial charge in [0.25, 0.3) is 0 Å². The molecule has 2 aliphatic heterocycles. The highest BCUT2D eigenvalue weighted by atomic mass is 16.5. The zero-order valence-electron chi connectivity index (χ0n) is 19.0. The highest BCUT2D eigenvalue weighted by Crippen LogP contribution is 2.30. The summed E-state index contributed by atoms with van der Waals surface area (Å²) in [5.74, 6) is 0.289. The molecule has 1 atom stereocenters. The lowest BCUT2D eigenvalue weighted by molar-refractivity contribution is -0.134. The first kappa shape index (κ1) is 22.5. The number of piperidine rings is 1. The van der Waals surface area contributed by atoms with Gasteiger partial charge in [0, 0.05) is 31.5 Å². The molecule has 0 saturated carbocycles. The molecule has 0 aromatic heterocycles. The number of ether oxygens (including phenoxy) is 1. The molecule has 2 amide bonds. The minimum atomic E-state index is -0.306. The lowest BCUT2D eigenvalue weighted by atomic mass is 9.84. The van der Waals surface area contributed by atoms with Crippen LogP contribution in [0, 0.1) is 6.92 Å². The molecule has 170 valence electrons. The van der Waals surface area contributed by atoms with Crippen molar-refractivity contribution in [2.45, 2.75) is 70.1 Å². The average Bonchev–Trinajstić information content (AvgIpc) is 3.19. The Labute approximate surface area is 191 Å². The Kier molecular flexibility index (Phi) is 7.26. The van der Waals surface area contributed by atoms with Crippen molar-refractivity contribution in [1.29, 1.82) is 0 Å². The van der Waals surface area contributed by atoms with E-state index in [1.807, 2.05) is 23.1 Å². The summed E-state index contributed by atoms with van der Waals surface area (Å²) in [5, 5.41) is 3.20. The van der Waals surface area contributed by atoms with Gasteiger partial charge in [0.15, 0.2) is 0 Å². The van der Waals surface area contributed by atoms with Gasteiger partial charge in [0.2, 0.25) is 11.8 Å². The molecule has 4 rings (SSSR count). The first-order chi connectivity index (χ1) is 15.5. The van der Waals surface area contributed by atoms with E-state index in [0.29, 0.717) is 25.9 Å². The average molecular weight is 435 g/mol. The van der Waals surface area contributed by atoms with Crippen molar-refractivity contribution in [3.63, 3.8) is 0 Å². The number of nitrogens with zero attached hydrogens (tertiary/aromatic N) is 1. The highest BCUT2D eigenvalue weighted by Gasteiger charge is 2.38. The van der Waals surface area contributed by atoms with Gasteiger partial charge >= 0.3 is 0 Å². The Balaban J connectivity index is 1.25. The van der Waals surface area contributed by atoms with Crippen LogP contribution in [0.4, 0.5) is 0 Å². The van der Waals surface area contributed by atoms with Gasteiger partial charge in [-0.15, -0.1) is 0 Å². The quantitative estimate of drug-likeness (QED) is 0.678. The van der Waals surface area contributed by atoms with Crippen LogP contribution in [0.15, 0.2) is 54.6 Å². The summed E-state index contributed by atoms with van der Waals surface area (Å²) in [6.45, 7) is 4.19. The molecular weight excluding hydrogens is 400 g/mol. The summed E-state index contributed by atoms with van der Waals surface area (Å²) in [5.41, 5.74) is 3.31. The van der Waals surface area contributed by atoms with Crippen LogP contribution in [-0.4, -0.2) is 41.4 Å². The van der Waals surface area contributed by atoms with E-state index in [1.165, 1.54) is 16.7 Å². The molecule has 2 aromatic carbocycles. The van der Waals surface area contributed by atoms with Crippen LogP contribution in [0.5, 0.6) is 0 Å². The zero-order chi connectivity index (χ0) is 22.4. The number of hydrogen-bond acceptors (Lipinski definition) is 3. The van der Waals surface area contributed by atoms with E-state index in [-0.39, 0.29) is 23.5 Å². The van der Waals surface area contributed by atoms with Crippen molar-refractivity contribution in [2.24, 2.45) is 0 Å². The molecule has 2 aliphatic rings. The SMILES string of the molecule is Cc1ccc(C[C@@]2(CCC(=O)N3CCC(OCc4ccccc4)CC3)CCC(=O)N2)cc1. The van der Waals surface area contributed by atoms with Gasteiger partial charge in [-0.3, -0.25) is 9.59 Å². The van der Waals surface area contributed by atoms with Crippen LogP contribution in [0.25, 0.3) is 0 Å². The molecule has 2 aromatic rings. The fourth-order valence-corrected chi connectivity index (χ4v) is 4.84. The number of likely N-dealkylation sites (tertiary alicyclic amines) is 1. The van der Waals surface area contributed by atoms with E-state index in [4.69, 9.17) is 4.74 Å². The Morgan fingerprint density at radius 2 is 1.78 bits per heavy atom. The van der Waals surface area contributed by atoms with Crippen molar-refractivity contribution in [2.75, 3.05) is 13.1 Å². The van der Waals surface area contributed by atoms with Gasteiger partial charge in [-0.05, 0) is 50.2 Å². The van der Waals surface area contributed by atoms with E-state index in [2.05, 4.69) is 48.6 Å². The predicted molar refractivity (Wildman–Crippen MR) is 125 cm³/mol. The monoisotopic (exact) mass is 434 g/mol. The lowest BCUT2D eigenvalue weighted by Gasteiger charge is -2.34. The van der Waals surface area contributed by atoms with Gasteiger partial charge in [0.05, 0.1) is 12.7 Å². The van der Waals surface area contributed by atoms with Crippen molar-refractivity contribution in [3.05, 3.63) is 71.3 Å². The Bertz CT molecular complexity index is 904. The van der Waals surface area contributed by atoms with Gasteiger partial charge < -0.3 is 15.0 Å². The number of carbonyl (C=O) groups excluding carboxylic acids is 2. The molecule has 2 fully saturated rings. The molecule has 0 spiro atoms. The maximum Gasteiger partial charge on any atom is 0.222 e. The zero-order valence-corrected chi connectivity index (χ0v) is 19.0. The minimum absolute atomic E-state index is 0.0981. The van der Waals surface area contributed by atoms with Crippen LogP contribution >= 0.6 is 0 Å². The summed E-state index contributed by atoms with van der Waals surface area (Å²) < 4.78 is 6.06. The van der Waals surface area contributed by atoms with Crippen molar-refractivity contribution in [3.8, 4) is 0 Å². The third kappa shape index (κ3) is 5.98. The Morgan fingerprint density at radius 1 is 1.06 bits per heavy atom. The number of hydrogen-bond donors (Lipinski definition) is 1. The molecular formula is C27H34N2O3. The van der Waals surface area contributed by atoms with E-state index in [9.17, 15) is 9.59 Å². The molecule has 0 aliphatic carbocycles. The third-order valence-corrected chi connectivity index (χ3v) is 6.84. The summed E-state index contributed by atoms with van der Waals surface area (Å²) in [6, 6.07) is 18.7. The number of nitrogens with one attached hydrogen (secondary N) is 1. The van der Waals surface area contributed by atoms with Gasteiger partial charge in [-0.25, -0.2) is 0 Å². The molecule has 0 unspecified atom stereocenters. The van der Waals surface area contributed by atoms with Crippen LogP contribution in [0.3, 0.4) is 0 Å². The number of aryl methyl sites for hydroxylation is 1. The van der Waals surface area contributed by atoms with Crippen molar-refractivity contribution < 1.29 is 14.3 Å². The first-order valence-corrected chi connectivity index (χ1v) is 11.8.